The van der Waals surface area contributed by atoms with Gasteiger partial charge in [-0.3, -0.25) is 0 Å². The number of rotatable bonds is 0. The van der Waals surface area contributed by atoms with Crippen molar-refractivity contribution < 1.29 is 10.2 Å². The largest absolute Gasteiger partial charge is 0.386 e. The maximum absolute atomic E-state index is 10.4. The smallest absolute Gasteiger partial charge is 0.110 e. The second kappa shape index (κ2) is 3.83. The molecule has 0 aliphatic heterocycles. The summed E-state index contributed by atoms with van der Waals surface area (Å²) in [4.78, 5) is 2.27. The molecular weight excluding hydrogens is 280 g/mol. The fourth-order valence-electron chi connectivity index (χ4n) is 3.54. The monoisotopic (exact) mass is 292 g/mol. The molecule has 102 valence electrons. The standard InChI is InChI=1S/C18H12O2S/c19-12-7-8-13-16(17(12)20)15-10-5-1-3-9-4-2-6-11(14(9)10)18(15)21-13/h1-8,12,17,19-20H. The summed E-state index contributed by atoms with van der Waals surface area (Å²) >= 11 is 1.70. The van der Waals surface area contributed by atoms with E-state index in [4.69, 9.17) is 0 Å². The Balaban J connectivity index is 1.94. The maximum Gasteiger partial charge on any atom is 0.110 e. The zero-order chi connectivity index (χ0) is 14.1. The number of hydrogen-bond donors (Lipinski definition) is 2. The molecule has 1 aromatic heterocycles. The number of hydrogen-bond acceptors (Lipinski definition) is 3. The van der Waals surface area contributed by atoms with Gasteiger partial charge in [-0.2, -0.15) is 0 Å². The molecule has 0 fully saturated rings. The lowest BCUT2D eigenvalue weighted by Crippen LogP contribution is -2.18. The van der Waals surface area contributed by atoms with Crippen LogP contribution in [0.5, 0.6) is 0 Å². The van der Waals surface area contributed by atoms with Gasteiger partial charge in [-0.25, -0.2) is 0 Å². The summed E-state index contributed by atoms with van der Waals surface area (Å²) in [7, 11) is 0. The van der Waals surface area contributed by atoms with Crippen molar-refractivity contribution in [3.05, 3.63) is 52.9 Å². The Kier molecular flexibility index (Phi) is 2.13. The summed E-state index contributed by atoms with van der Waals surface area (Å²) in [5.74, 6) is 0. The van der Waals surface area contributed by atoms with E-state index in [2.05, 4.69) is 36.4 Å². The van der Waals surface area contributed by atoms with E-state index >= 15 is 0 Å². The van der Waals surface area contributed by atoms with E-state index in [1.165, 1.54) is 26.8 Å². The Hall–Kier alpha value is -1.94. The van der Waals surface area contributed by atoms with E-state index in [0.717, 1.165) is 16.0 Å². The van der Waals surface area contributed by atoms with Crippen LogP contribution in [0.4, 0.5) is 0 Å². The summed E-state index contributed by atoms with van der Waals surface area (Å²) in [6.45, 7) is 0. The van der Waals surface area contributed by atoms with E-state index in [1.807, 2.05) is 6.08 Å². The molecule has 0 spiro atoms. The number of thiophene rings is 1. The van der Waals surface area contributed by atoms with Crippen molar-refractivity contribution in [1.29, 1.82) is 0 Å². The molecule has 2 aromatic carbocycles. The summed E-state index contributed by atoms with van der Waals surface area (Å²) in [5.41, 5.74) is 4.41. The van der Waals surface area contributed by atoms with Gasteiger partial charge in [0.2, 0.25) is 0 Å². The van der Waals surface area contributed by atoms with Gasteiger partial charge >= 0.3 is 0 Å². The van der Waals surface area contributed by atoms with Gasteiger partial charge in [0.25, 0.3) is 0 Å². The molecule has 2 atom stereocenters. The minimum absolute atomic E-state index is 0.820. The molecule has 0 saturated carbocycles. The molecular formula is C18H12O2S. The Morgan fingerprint density at radius 2 is 1.71 bits per heavy atom. The number of aliphatic hydroxyl groups excluding tert-OH is 2. The molecule has 3 aromatic rings. The lowest BCUT2D eigenvalue weighted by molar-refractivity contribution is 0.0478. The van der Waals surface area contributed by atoms with Crippen LogP contribution >= 0.6 is 11.3 Å². The lowest BCUT2D eigenvalue weighted by atomic mass is 9.92. The predicted molar refractivity (Wildman–Crippen MR) is 86.3 cm³/mol. The molecule has 2 nitrogen and oxygen atoms in total. The molecule has 3 heteroatoms. The molecule has 0 amide bonds. The van der Waals surface area contributed by atoms with Crippen LogP contribution in [0, 0.1) is 0 Å². The molecule has 2 aliphatic rings. The minimum atomic E-state index is -0.838. The van der Waals surface area contributed by atoms with Gasteiger partial charge in [-0.05, 0) is 22.4 Å². The van der Waals surface area contributed by atoms with E-state index in [1.54, 1.807) is 17.4 Å². The van der Waals surface area contributed by atoms with E-state index in [-0.39, 0.29) is 0 Å². The Bertz CT molecular complexity index is 931. The summed E-state index contributed by atoms with van der Waals surface area (Å²) in [5, 5.41) is 22.9. The van der Waals surface area contributed by atoms with Crippen molar-refractivity contribution in [2.45, 2.75) is 12.2 Å². The van der Waals surface area contributed by atoms with Crippen molar-refractivity contribution >= 4 is 28.2 Å². The van der Waals surface area contributed by atoms with Crippen molar-refractivity contribution in [1.82, 2.24) is 0 Å². The molecule has 2 N–H and O–H groups in total. The normalized spacial score (nSPS) is 21.6. The van der Waals surface area contributed by atoms with Crippen LogP contribution in [0.25, 0.3) is 38.4 Å². The van der Waals surface area contributed by atoms with Gasteiger partial charge in [0.05, 0.1) is 0 Å². The van der Waals surface area contributed by atoms with E-state index in [0.29, 0.717) is 0 Å². The highest BCUT2D eigenvalue weighted by Crippen LogP contribution is 2.56. The second-order valence-electron chi connectivity index (χ2n) is 5.59. The Labute approximate surface area is 125 Å². The first-order valence-electron chi connectivity index (χ1n) is 6.99. The van der Waals surface area contributed by atoms with E-state index < -0.39 is 12.2 Å². The van der Waals surface area contributed by atoms with Crippen LogP contribution in [0.2, 0.25) is 0 Å². The maximum atomic E-state index is 10.4. The van der Waals surface area contributed by atoms with Crippen molar-refractivity contribution in [2.75, 3.05) is 0 Å². The quantitative estimate of drug-likeness (QED) is 0.515. The zero-order valence-electron chi connectivity index (χ0n) is 11.1. The first kappa shape index (κ1) is 11.7. The number of fused-ring (bicyclic) bond motifs is 5. The third-order valence-corrected chi connectivity index (χ3v) is 5.66. The molecule has 21 heavy (non-hydrogen) atoms. The Morgan fingerprint density at radius 3 is 2.52 bits per heavy atom. The molecule has 0 radical (unpaired) electrons. The second-order valence-corrected chi connectivity index (χ2v) is 6.64. The van der Waals surface area contributed by atoms with Crippen LogP contribution in [-0.4, -0.2) is 16.3 Å². The number of benzene rings is 2. The van der Waals surface area contributed by atoms with Gasteiger partial charge in [0.15, 0.2) is 0 Å². The van der Waals surface area contributed by atoms with Gasteiger partial charge in [-0.15, -0.1) is 11.3 Å². The van der Waals surface area contributed by atoms with E-state index in [9.17, 15) is 10.2 Å². The first-order chi connectivity index (χ1) is 10.3. The highest BCUT2D eigenvalue weighted by Gasteiger charge is 2.34. The average molecular weight is 292 g/mol. The summed E-state index contributed by atoms with van der Waals surface area (Å²) in [6, 6.07) is 12.6. The molecule has 1 heterocycles. The van der Waals surface area contributed by atoms with Gasteiger partial charge < -0.3 is 10.2 Å². The van der Waals surface area contributed by atoms with Gasteiger partial charge in [0, 0.05) is 26.4 Å². The predicted octanol–water partition coefficient (Wildman–Crippen LogP) is 3.97. The fourth-order valence-corrected chi connectivity index (χ4v) is 4.84. The van der Waals surface area contributed by atoms with Crippen LogP contribution in [0.1, 0.15) is 16.5 Å². The van der Waals surface area contributed by atoms with Crippen LogP contribution in [0.3, 0.4) is 0 Å². The third-order valence-electron chi connectivity index (χ3n) is 4.46. The van der Waals surface area contributed by atoms with Gasteiger partial charge in [-0.1, -0.05) is 42.5 Å². The van der Waals surface area contributed by atoms with Gasteiger partial charge in [0.1, 0.15) is 12.2 Å². The van der Waals surface area contributed by atoms with Crippen LogP contribution in [-0.2, 0) is 0 Å². The molecule has 2 unspecified atom stereocenters. The first-order valence-corrected chi connectivity index (χ1v) is 7.81. The Morgan fingerprint density at radius 1 is 0.952 bits per heavy atom. The number of aliphatic hydroxyl groups is 2. The highest BCUT2D eigenvalue weighted by molar-refractivity contribution is 7.17. The molecule has 2 aliphatic carbocycles. The highest BCUT2D eigenvalue weighted by atomic mass is 32.1. The molecule has 0 bridgehead atoms. The molecule has 5 rings (SSSR count). The summed E-state index contributed by atoms with van der Waals surface area (Å²) < 4.78 is 0. The SMILES string of the molecule is OC1C=Cc2sc3c(c2C1O)-c1cccc2cccc-3c12. The molecule has 0 saturated heterocycles. The van der Waals surface area contributed by atoms with Crippen LogP contribution in [0.15, 0.2) is 42.5 Å². The van der Waals surface area contributed by atoms with Crippen molar-refractivity contribution in [2.24, 2.45) is 0 Å². The zero-order valence-corrected chi connectivity index (χ0v) is 11.9. The summed E-state index contributed by atoms with van der Waals surface area (Å²) in [6.07, 6.45) is 1.94. The van der Waals surface area contributed by atoms with Crippen molar-refractivity contribution in [3.63, 3.8) is 0 Å². The lowest BCUT2D eigenvalue weighted by Gasteiger charge is -2.20. The van der Waals surface area contributed by atoms with Crippen LogP contribution < -0.4 is 0 Å². The minimum Gasteiger partial charge on any atom is -0.386 e. The third kappa shape index (κ3) is 1.34. The average Bonchev–Trinajstić information content (AvgIpc) is 3.02. The fraction of sp³-hybridized carbons (Fsp3) is 0.111. The van der Waals surface area contributed by atoms with Crippen molar-refractivity contribution in [3.8, 4) is 21.6 Å². The topological polar surface area (TPSA) is 40.5 Å².